The second-order valence-electron chi connectivity index (χ2n) is 6.38. The number of carbonyl (C=O) groups is 1. The number of hydrogen-bond acceptors (Lipinski definition) is 4. The van der Waals surface area contributed by atoms with E-state index in [0.717, 1.165) is 21.8 Å². The SMILES string of the molecule is Cc1ccc2nc(-c3ccc(NC(=O)Cn4cc(Cl)c(C)n4)cc3)sc2c1. The molecule has 7 heteroatoms. The lowest BCUT2D eigenvalue weighted by atomic mass is 10.2. The Labute approximate surface area is 165 Å². The fourth-order valence-electron chi connectivity index (χ4n) is 2.77. The number of aromatic nitrogens is 3. The molecule has 4 rings (SSSR count). The number of rotatable bonds is 4. The van der Waals surface area contributed by atoms with Crippen molar-refractivity contribution in [3.8, 4) is 10.6 Å². The predicted molar refractivity (Wildman–Crippen MR) is 110 cm³/mol. The molecule has 0 saturated heterocycles. The van der Waals surface area contributed by atoms with Crippen LogP contribution in [0.4, 0.5) is 5.69 Å². The molecule has 0 unspecified atom stereocenters. The van der Waals surface area contributed by atoms with Crippen LogP contribution in [0.2, 0.25) is 5.02 Å². The van der Waals surface area contributed by atoms with Gasteiger partial charge in [0.2, 0.25) is 5.91 Å². The van der Waals surface area contributed by atoms with Crippen LogP contribution in [0.15, 0.2) is 48.7 Å². The molecular formula is C20H17ClN4OS. The molecule has 0 fully saturated rings. The highest BCUT2D eigenvalue weighted by Gasteiger charge is 2.09. The standard InChI is InChI=1S/C20H17ClN4OS/c1-12-3-8-17-18(9-12)27-20(23-17)14-4-6-15(7-5-14)22-19(26)11-25-10-16(21)13(2)24-25/h3-10H,11H2,1-2H3,(H,22,26). The zero-order chi connectivity index (χ0) is 19.0. The van der Waals surface area contributed by atoms with Crippen LogP contribution in [-0.4, -0.2) is 20.7 Å². The summed E-state index contributed by atoms with van der Waals surface area (Å²) < 4.78 is 2.71. The van der Waals surface area contributed by atoms with E-state index in [4.69, 9.17) is 11.6 Å². The van der Waals surface area contributed by atoms with Crippen LogP contribution in [0.1, 0.15) is 11.3 Å². The summed E-state index contributed by atoms with van der Waals surface area (Å²) in [6, 6.07) is 14.0. The van der Waals surface area contributed by atoms with E-state index in [-0.39, 0.29) is 12.5 Å². The van der Waals surface area contributed by atoms with Gasteiger partial charge in [-0.15, -0.1) is 11.3 Å². The molecule has 0 aliphatic heterocycles. The predicted octanol–water partition coefficient (Wildman–Crippen LogP) is 5.07. The van der Waals surface area contributed by atoms with Gasteiger partial charge in [-0.25, -0.2) is 4.98 Å². The van der Waals surface area contributed by atoms with Gasteiger partial charge >= 0.3 is 0 Å². The highest BCUT2D eigenvalue weighted by atomic mass is 35.5. The number of fused-ring (bicyclic) bond motifs is 1. The van der Waals surface area contributed by atoms with Crippen molar-refractivity contribution in [1.29, 1.82) is 0 Å². The molecule has 1 amide bonds. The quantitative estimate of drug-likeness (QED) is 0.524. The first kappa shape index (κ1) is 17.7. The van der Waals surface area contributed by atoms with Crippen LogP contribution in [-0.2, 0) is 11.3 Å². The zero-order valence-corrected chi connectivity index (χ0v) is 16.4. The molecule has 0 aliphatic rings. The largest absolute Gasteiger partial charge is 0.324 e. The van der Waals surface area contributed by atoms with Crippen LogP contribution < -0.4 is 5.32 Å². The van der Waals surface area contributed by atoms with Gasteiger partial charge in [-0.1, -0.05) is 17.7 Å². The molecule has 0 spiro atoms. The van der Waals surface area contributed by atoms with Crippen LogP contribution >= 0.6 is 22.9 Å². The lowest BCUT2D eigenvalue weighted by Gasteiger charge is -2.06. The van der Waals surface area contributed by atoms with E-state index in [2.05, 4.69) is 34.5 Å². The summed E-state index contributed by atoms with van der Waals surface area (Å²) in [5, 5.41) is 8.58. The van der Waals surface area contributed by atoms with E-state index in [0.29, 0.717) is 10.7 Å². The molecule has 5 nitrogen and oxygen atoms in total. The van der Waals surface area contributed by atoms with Gasteiger partial charge in [0, 0.05) is 17.4 Å². The van der Waals surface area contributed by atoms with Crippen molar-refractivity contribution in [3.05, 3.63) is 64.9 Å². The van der Waals surface area contributed by atoms with E-state index in [1.165, 1.54) is 14.9 Å². The summed E-state index contributed by atoms with van der Waals surface area (Å²) in [5.41, 5.74) is 4.70. The summed E-state index contributed by atoms with van der Waals surface area (Å²) in [7, 11) is 0. The van der Waals surface area contributed by atoms with Crippen molar-refractivity contribution in [3.63, 3.8) is 0 Å². The molecule has 0 radical (unpaired) electrons. The van der Waals surface area contributed by atoms with Crippen molar-refractivity contribution in [2.24, 2.45) is 0 Å². The molecule has 27 heavy (non-hydrogen) atoms. The van der Waals surface area contributed by atoms with Gasteiger partial charge in [0.05, 0.1) is 20.9 Å². The molecule has 1 N–H and O–H groups in total. The number of thiazole rings is 1. The molecule has 2 aromatic heterocycles. The molecule has 2 aromatic carbocycles. The fraction of sp³-hybridized carbons (Fsp3) is 0.150. The van der Waals surface area contributed by atoms with Crippen LogP contribution in [0.5, 0.6) is 0 Å². The molecule has 0 bridgehead atoms. The summed E-state index contributed by atoms with van der Waals surface area (Å²) in [4.78, 5) is 16.9. The maximum Gasteiger partial charge on any atom is 0.246 e. The average Bonchev–Trinajstić information content (AvgIpc) is 3.18. The minimum atomic E-state index is -0.155. The van der Waals surface area contributed by atoms with Crippen molar-refractivity contribution in [2.75, 3.05) is 5.32 Å². The Bertz CT molecular complexity index is 1110. The lowest BCUT2D eigenvalue weighted by Crippen LogP contribution is -2.19. The van der Waals surface area contributed by atoms with Crippen LogP contribution in [0.25, 0.3) is 20.8 Å². The van der Waals surface area contributed by atoms with Crippen LogP contribution in [0, 0.1) is 13.8 Å². The maximum absolute atomic E-state index is 12.2. The fourth-order valence-corrected chi connectivity index (χ4v) is 3.99. The number of anilines is 1. The molecular weight excluding hydrogens is 380 g/mol. The summed E-state index contributed by atoms with van der Waals surface area (Å²) >= 11 is 7.63. The second kappa shape index (κ2) is 7.13. The molecule has 4 aromatic rings. The minimum Gasteiger partial charge on any atom is -0.324 e. The molecule has 2 heterocycles. The number of halogens is 1. The topological polar surface area (TPSA) is 59.8 Å². The number of benzene rings is 2. The van der Waals surface area contributed by atoms with E-state index in [1.807, 2.05) is 30.3 Å². The smallest absolute Gasteiger partial charge is 0.246 e. The van der Waals surface area contributed by atoms with Crippen molar-refractivity contribution < 1.29 is 4.79 Å². The van der Waals surface area contributed by atoms with Crippen LogP contribution in [0.3, 0.4) is 0 Å². The Hall–Kier alpha value is -2.70. The third-order valence-corrected chi connectivity index (χ3v) is 5.59. The highest BCUT2D eigenvalue weighted by molar-refractivity contribution is 7.21. The summed E-state index contributed by atoms with van der Waals surface area (Å²) in [6.45, 7) is 4.00. The molecule has 0 saturated carbocycles. The Morgan fingerprint density at radius 3 is 2.67 bits per heavy atom. The summed E-state index contributed by atoms with van der Waals surface area (Å²) in [5.74, 6) is -0.155. The lowest BCUT2D eigenvalue weighted by molar-refractivity contribution is -0.116. The number of nitrogens with one attached hydrogen (secondary N) is 1. The van der Waals surface area contributed by atoms with Gasteiger partial charge in [-0.2, -0.15) is 5.10 Å². The summed E-state index contributed by atoms with van der Waals surface area (Å²) in [6.07, 6.45) is 1.65. The monoisotopic (exact) mass is 396 g/mol. The van der Waals surface area contributed by atoms with Gasteiger partial charge in [0.15, 0.2) is 0 Å². The Balaban J connectivity index is 1.47. The normalized spacial score (nSPS) is 11.1. The Morgan fingerprint density at radius 1 is 1.19 bits per heavy atom. The number of hydrogen-bond donors (Lipinski definition) is 1. The van der Waals surface area contributed by atoms with Crippen molar-refractivity contribution >= 4 is 44.7 Å². The highest BCUT2D eigenvalue weighted by Crippen LogP contribution is 2.31. The Morgan fingerprint density at radius 2 is 1.96 bits per heavy atom. The maximum atomic E-state index is 12.2. The molecule has 136 valence electrons. The minimum absolute atomic E-state index is 0.118. The first-order chi connectivity index (χ1) is 13.0. The van der Waals surface area contributed by atoms with Crippen molar-refractivity contribution in [2.45, 2.75) is 20.4 Å². The van der Waals surface area contributed by atoms with E-state index in [1.54, 1.807) is 24.5 Å². The number of amides is 1. The third kappa shape index (κ3) is 3.86. The van der Waals surface area contributed by atoms with E-state index in [9.17, 15) is 4.79 Å². The first-order valence-corrected chi connectivity index (χ1v) is 9.64. The van der Waals surface area contributed by atoms with Gasteiger partial charge in [0.1, 0.15) is 11.6 Å². The number of carbonyl (C=O) groups excluding carboxylic acids is 1. The zero-order valence-electron chi connectivity index (χ0n) is 14.9. The molecule has 0 atom stereocenters. The molecule has 0 aliphatic carbocycles. The average molecular weight is 397 g/mol. The van der Waals surface area contributed by atoms with E-state index < -0.39 is 0 Å². The second-order valence-corrected chi connectivity index (χ2v) is 7.81. The van der Waals surface area contributed by atoms with Crippen molar-refractivity contribution in [1.82, 2.24) is 14.8 Å². The van der Waals surface area contributed by atoms with Gasteiger partial charge in [-0.05, 0) is 55.8 Å². The first-order valence-electron chi connectivity index (χ1n) is 8.45. The van der Waals surface area contributed by atoms with Gasteiger partial charge in [-0.3, -0.25) is 9.48 Å². The Kier molecular flexibility index (Phi) is 4.68. The van der Waals surface area contributed by atoms with Gasteiger partial charge in [0.25, 0.3) is 0 Å². The van der Waals surface area contributed by atoms with E-state index >= 15 is 0 Å². The number of aryl methyl sites for hydroxylation is 2. The number of nitrogens with zero attached hydrogens (tertiary/aromatic N) is 3. The third-order valence-electron chi connectivity index (χ3n) is 4.15. The van der Waals surface area contributed by atoms with Gasteiger partial charge < -0.3 is 5.32 Å².